The molecule has 1 aromatic heterocycles. The van der Waals surface area contributed by atoms with Crippen molar-refractivity contribution < 1.29 is 4.74 Å². The number of aromatic amines is 1. The number of benzene rings is 1. The third kappa shape index (κ3) is 2.66. The summed E-state index contributed by atoms with van der Waals surface area (Å²) in [5, 5.41) is 13.9. The van der Waals surface area contributed by atoms with E-state index >= 15 is 0 Å². The molecule has 7 heteroatoms. The smallest absolute Gasteiger partial charge is 0.211 e. The van der Waals surface area contributed by atoms with Crippen LogP contribution in [0.1, 0.15) is 5.82 Å². The van der Waals surface area contributed by atoms with E-state index in [1.54, 1.807) is 12.1 Å². The Labute approximate surface area is 98.9 Å². The zero-order chi connectivity index (χ0) is 10.7. The molecule has 5 nitrogen and oxygen atoms in total. The van der Waals surface area contributed by atoms with Crippen LogP contribution >= 0.6 is 27.5 Å². The lowest BCUT2D eigenvalue weighted by molar-refractivity contribution is 0.296. The summed E-state index contributed by atoms with van der Waals surface area (Å²) in [5.41, 5.74) is 0. The third-order valence-electron chi connectivity index (χ3n) is 1.65. The first-order chi connectivity index (χ1) is 7.25. The van der Waals surface area contributed by atoms with Crippen LogP contribution < -0.4 is 4.74 Å². The van der Waals surface area contributed by atoms with Gasteiger partial charge in [-0.2, -0.15) is 5.21 Å². The van der Waals surface area contributed by atoms with Gasteiger partial charge >= 0.3 is 0 Å². The molecule has 0 bridgehead atoms. The molecule has 0 aliphatic heterocycles. The summed E-state index contributed by atoms with van der Waals surface area (Å²) in [4.78, 5) is 0. The quantitative estimate of drug-likeness (QED) is 0.941. The van der Waals surface area contributed by atoms with Crippen molar-refractivity contribution in [2.45, 2.75) is 6.61 Å². The molecule has 0 aliphatic carbocycles. The van der Waals surface area contributed by atoms with Crippen LogP contribution in [-0.4, -0.2) is 20.6 Å². The lowest BCUT2D eigenvalue weighted by Crippen LogP contribution is -1.97. The molecule has 0 spiro atoms. The average molecular weight is 290 g/mol. The number of ether oxygens (including phenoxy) is 1. The van der Waals surface area contributed by atoms with Gasteiger partial charge in [-0.15, -0.1) is 10.2 Å². The van der Waals surface area contributed by atoms with Gasteiger partial charge in [-0.3, -0.25) is 0 Å². The number of hydrogen-bond acceptors (Lipinski definition) is 4. The van der Waals surface area contributed by atoms with E-state index in [1.807, 2.05) is 6.07 Å². The van der Waals surface area contributed by atoms with Gasteiger partial charge in [0.2, 0.25) is 5.82 Å². The topological polar surface area (TPSA) is 63.7 Å². The van der Waals surface area contributed by atoms with Crippen LogP contribution in [0.3, 0.4) is 0 Å². The van der Waals surface area contributed by atoms with E-state index in [9.17, 15) is 0 Å². The fourth-order valence-corrected chi connectivity index (χ4v) is 1.38. The average Bonchev–Trinajstić information content (AvgIpc) is 2.73. The zero-order valence-electron chi connectivity index (χ0n) is 7.44. The van der Waals surface area contributed by atoms with Gasteiger partial charge in [-0.1, -0.05) is 16.8 Å². The maximum absolute atomic E-state index is 5.90. The first-order valence-corrected chi connectivity index (χ1v) is 5.23. The first kappa shape index (κ1) is 10.4. The van der Waals surface area contributed by atoms with Gasteiger partial charge in [0, 0.05) is 4.47 Å². The van der Waals surface area contributed by atoms with Crippen molar-refractivity contribution in [3.8, 4) is 5.75 Å². The Morgan fingerprint density at radius 3 is 3.00 bits per heavy atom. The van der Waals surface area contributed by atoms with Crippen molar-refractivity contribution in [3.63, 3.8) is 0 Å². The molecule has 0 fully saturated rings. The van der Waals surface area contributed by atoms with E-state index in [2.05, 4.69) is 36.6 Å². The highest BCUT2D eigenvalue weighted by molar-refractivity contribution is 9.10. The van der Waals surface area contributed by atoms with Crippen molar-refractivity contribution in [3.05, 3.63) is 33.5 Å². The highest BCUT2D eigenvalue weighted by Crippen LogP contribution is 2.26. The minimum absolute atomic E-state index is 0.258. The van der Waals surface area contributed by atoms with Gasteiger partial charge in [0.25, 0.3) is 0 Å². The lowest BCUT2D eigenvalue weighted by atomic mass is 10.3. The third-order valence-corrected chi connectivity index (χ3v) is 2.88. The summed E-state index contributed by atoms with van der Waals surface area (Å²) in [6, 6.07) is 5.33. The number of H-pyrrole nitrogens is 1. The fourth-order valence-electron chi connectivity index (χ4n) is 0.958. The monoisotopic (exact) mass is 288 g/mol. The first-order valence-electron chi connectivity index (χ1n) is 4.06. The maximum atomic E-state index is 5.90. The van der Waals surface area contributed by atoms with Gasteiger partial charge in [-0.25, -0.2) is 0 Å². The predicted octanol–water partition coefficient (Wildman–Crippen LogP) is 2.19. The number of nitrogens with zero attached hydrogens (tertiary/aromatic N) is 3. The summed E-state index contributed by atoms with van der Waals surface area (Å²) in [6.45, 7) is 0.258. The molecule has 15 heavy (non-hydrogen) atoms. The number of rotatable bonds is 3. The van der Waals surface area contributed by atoms with Gasteiger partial charge < -0.3 is 4.74 Å². The van der Waals surface area contributed by atoms with E-state index in [1.165, 1.54) is 0 Å². The standard InChI is InChI=1S/C8H6BrClN4O/c9-6-2-1-5(3-7(6)10)15-4-8-11-13-14-12-8/h1-3H,4H2,(H,11,12,13,14). The van der Waals surface area contributed by atoms with Crippen LogP contribution in [-0.2, 0) is 6.61 Å². The molecule has 1 aromatic carbocycles. The van der Waals surface area contributed by atoms with E-state index < -0.39 is 0 Å². The number of tetrazole rings is 1. The van der Waals surface area contributed by atoms with Gasteiger partial charge in [0.05, 0.1) is 5.02 Å². The second-order valence-corrected chi connectivity index (χ2v) is 3.95. The van der Waals surface area contributed by atoms with Crippen LogP contribution in [0.25, 0.3) is 0 Å². The van der Waals surface area contributed by atoms with E-state index in [-0.39, 0.29) is 6.61 Å². The Morgan fingerprint density at radius 1 is 1.47 bits per heavy atom. The molecular weight excluding hydrogens is 283 g/mol. The molecule has 0 saturated carbocycles. The van der Waals surface area contributed by atoms with Gasteiger partial charge in [-0.05, 0) is 34.1 Å². The lowest BCUT2D eigenvalue weighted by Gasteiger charge is -2.04. The van der Waals surface area contributed by atoms with Gasteiger partial charge in [0.1, 0.15) is 5.75 Å². The Balaban J connectivity index is 2.02. The SMILES string of the molecule is Clc1cc(OCc2nn[nH]n2)ccc1Br. The molecule has 2 rings (SSSR count). The highest BCUT2D eigenvalue weighted by Gasteiger charge is 2.02. The van der Waals surface area contributed by atoms with Crippen molar-refractivity contribution in [2.75, 3.05) is 0 Å². The predicted molar refractivity (Wildman–Crippen MR) is 57.7 cm³/mol. The number of nitrogens with one attached hydrogen (secondary N) is 1. The minimum atomic E-state index is 0.258. The minimum Gasteiger partial charge on any atom is -0.485 e. The molecule has 0 amide bonds. The summed E-state index contributed by atoms with van der Waals surface area (Å²) < 4.78 is 6.23. The molecule has 0 aliphatic rings. The van der Waals surface area contributed by atoms with Crippen molar-refractivity contribution >= 4 is 27.5 Å². The molecule has 78 valence electrons. The maximum Gasteiger partial charge on any atom is 0.211 e. The molecule has 2 aromatic rings. The normalized spacial score (nSPS) is 10.3. The highest BCUT2D eigenvalue weighted by atomic mass is 79.9. The molecule has 0 radical (unpaired) electrons. The fraction of sp³-hybridized carbons (Fsp3) is 0.125. The van der Waals surface area contributed by atoms with Crippen LogP contribution in [0.4, 0.5) is 0 Å². The van der Waals surface area contributed by atoms with E-state index in [4.69, 9.17) is 16.3 Å². The summed E-state index contributed by atoms with van der Waals surface area (Å²) >= 11 is 9.19. The second-order valence-electron chi connectivity index (χ2n) is 2.69. The van der Waals surface area contributed by atoms with Crippen LogP contribution in [0.15, 0.2) is 22.7 Å². The summed E-state index contributed by atoms with van der Waals surface area (Å²) in [7, 11) is 0. The summed E-state index contributed by atoms with van der Waals surface area (Å²) in [6.07, 6.45) is 0. The van der Waals surface area contributed by atoms with Crippen molar-refractivity contribution in [1.82, 2.24) is 20.6 Å². The van der Waals surface area contributed by atoms with Crippen LogP contribution in [0.2, 0.25) is 5.02 Å². The molecule has 1 N–H and O–H groups in total. The largest absolute Gasteiger partial charge is 0.485 e. The van der Waals surface area contributed by atoms with E-state index in [0.717, 1.165) is 4.47 Å². The Bertz CT molecular complexity index is 448. The Morgan fingerprint density at radius 2 is 2.33 bits per heavy atom. The number of aromatic nitrogens is 4. The number of hydrogen-bond donors (Lipinski definition) is 1. The second kappa shape index (κ2) is 4.59. The Kier molecular flexibility index (Phi) is 3.17. The molecule has 1 heterocycles. The zero-order valence-corrected chi connectivity index (χ0v) is 9.79. The van der Waals surface area contributed by atoms with Crippen LogP contribution in [0, 0.1) is 0 Å². The number of halogens is 2. The molecule has 0 saturated heterocycles. The van der Waals surface area contributed by atoms with Crippen molar-refractivity contribution in [2.24, 2.45) is 0 Å². The van der Waals surface area contributed by atoms with Gasteiger partial charge in [0.15, 0.2) is 6.61 Å². The summed E-state index contributed by atoms with van der Waals surface area (Å²) in [5.74, 6) is 1.15. The van der Waals surface area contributed by atoms with Crippen molar-refractivity contribution in [1.29, 1.82) is 0 Å². The van der Waals surface area contributed by atoms with E-state index in [0.29, 0.717) is 16.6 Å². The molecule has 0 atom stereocenters. The van der Waals surface area contributed by atoms with Crippen LogP contribution in [0.5, 0.6) is 5.75 Å². The molecular formula is C8H6BrClN4O. The molecule has 0 unspecified atom stereocenters. The Hall–Kier alpha value is -1.14.